The Hall–Kier alpha value is -4.14. The van der Waals surface area contributed by atoms with Gasteiger partial charge in [0.05, 0.1) is 31.1 Å². The summed E-state index contributed by atoms with van der Waals surface area (Å²) >= 11 is 0. The highest BCUT2D eigenvalue weighted by atomic mass is 16.6. The summed E-state index contributed by atoms with van der Waals surface area (Å²) in [4.78, 5) is 22.5. The number of methoxy groups -OCH3 is 2. The number of carbonyl (C=O) groups excluding carboxylic acids is 1. The molecule has 0 unspecified atom stereocenters. The number of rotatable bonds is 8. The molecule has 1 heterocycles. The Bertz CT molecular complexity index is 1120. The first-order chi connectivity index (χ1) is 14.9. The van der Waals surface area contributed by atoms with Crippen molar-refractivity contribution in [3.8, 4) is 17.1 Å². The Balaban J connectivity index is 1.82. The van der Waals surface area contributed by atoms with E-state index in [-0.39, 0.29) is 17.9 Å². The van der Waals surface area contributed by atoms with E-state index in [9.17, 15) is 14.9 Å². The number of esters is 1. The lowest BCUT2D eigenvalue weighted by Gasteiger charge is -2.12. The molecular weight excluding hydrogens is 402 g/mol. The molecule has 2 aromatic carbocycles. The number of hydrogen-bond donors (Lipinski definition) is 0. The van der Waals surface area contributed by atoms with Gasteiger partial charge in [-0.05, 0) is 23.3 Å². The fourth-order valence-corrected chi connectivity index (χ4v) is 2.99. The monoisotopic (exact) mass is 423 g/mol. The van der Waals surface area contributed by atoms with Gasteiger partial charge < -0.3 is 14.2 Å². The second-order valence-electron chi connectivity index (χ2n) is 6.50. The largest absolute Gasteiger partial charge is 0.503 e. The third-order valence-corrected chi connectivity index (χ3v) is 4.53. The fourth-order valence-electron chi connectivity index (χ4n) is 2.99. The van der Waals surface area contributed by atoms with Crippen LogP contribution in [0, 0.1) is 10.1 Å². The van der Waals surface area contributed by atoms with Gasteiger partial charge in [0.15, 0.2) is 0 Å². The van der Waals surface area contributed by atoms with Crippen molar-refractivity contribution >= 4 is 17.2 Å². The van der Waals surface area contributed by atoms with Gasteiger partial charge in [-0.25, -0.2) is 9.48 Å². The SMILES string of the molecule is CO/C=C(/C(=O)OC)c1ccccc1COc1cc(-c2ccc([N+](=O)[O-])cc2)nn1C. The topological polar surface area (TPSA) is 106 Å². The number of carbonyl (C=O) groups is 1. The molecule has 0 bridgehead atoms. The molecule has 3 aromatic rings. The van der Waals surface area contributed by atoms with Crippen molar-refractivity contribution in [2.75, 3.05) is 14.2 Å². The molecule has 0 saturated heterocycles. The van der Waals surface area contributed by atoms with E-state index >= 15 is 0 Å². The van der Waals surface area contributed by atoms with Gasteiger partial charge in [0.2, 0.25) is 5.88 Å². The molecule has 0 aliphatic heterocycles. The highest BCUT2D eigenvalue weighted by molar-refractivity contribution is 6.16. The number of benzene rings is 2. The van der Waals surface area contributed by atoms with Crippen molar-refractivity contribution in [3.63, 3.8) is 0 Å². The predicted molar refractivity (Wildman–Crippen MR) is 113 cm³/mol. The zero-order chi connectivity index (χ0) is 22.4. The van der Waals surface area contributed by atoms with Crippen LogP contribution in [0.25, 0.3) is 16.8 Å². The Morgan fingerprint density at radius 1 is 1.16 bits per heavy atom. The Labute approximate surface area is 178 Å². The molecular formula is C22H21N3O6. The van der Waals surface area contributed by atoms with Crippen LogP contribution < -0.4 is 4.74 Å². The first kappa shape index (κ1) is 21.6. The van der Waals surface area contributed by atoms with E-state index in [0.717, 1.165) is 11.1 Å². The molecule has 0 aliphatic rings. The van der Waals surface area contributed by atoms with Crippen LogP contribution in [-0.2, 0) is 27.9 Å². The van der Waals surface area contributed by atoms with Gasteiger partial charge in [0.25, 0.3) is 5.69 Å². The molecule has 0 N–H and O–H groups in total. The zero-order valence-corrected chi connectivity index (χ0v) is 17.3. The summed E-state index contributed by atoms with van der Waals surface area (Å²) in [6.45, 7) is 0.174. The lowest BCUT2D eigenvalue weighted by atomic mass is 10.0. The van der Waals surface area contributed by atoms with Crippen molar-refractivity contribution in [1.82, 2.24) is 9.78 Å². The molecule has 9 heteroatoms. The molecule has 3 rings (SSSR count). The molecule has 31 heavy (non-hydrogen) atoms. The lowest BCUT2D eigenvalue weighted by Crippen LogP contribution is -2.09. The summed E-state index contributed by atoms with van der Waals surface area (Å²) in [5, 5.41) is 15.2. The van der Waals surface area contributed by atoms with Crippen molar-refractivity contribution in [2.45, 2.75) is 6.61 Å². The van der Waals surface area contributed by atoms with Crippen LogP contribution >= 0.6 is 0 Å². The van der Waals surface area contributed by atoms with Crippen molar-refractivity contribution in [1.29, 1.82) is 0 Å². The molecule has 0 saturated carbocycles. The minimum absolute atomic E-state index is 0.0123. The highest BCUT2D eigenvalue weighted by Crippen LogP contribution is 2.27. The predicted octanol–water partition coefficient (Wildman–Crippen LogP) is 3.73. The summed E-state index contributed by atoms with van der Waals surface area (Å²) in [7, 11) is 4.50. The van der Waals surface area contributed by atoms with Crippen LogP contribution in [0.5, 0.6) is 5.88 Å². The Morgan fingerprint density at radius 2 is 1.87 bits per heavy atom. The van der Waals surface area contributed by atoms with E-state index in [2.05, 4.69) is 5.10 Å². The standard InChI is InChI=1S/C22H21N3O6/c1-24-21(12-20(23-24)15-8-10-17(11-9-15)25(27)28)31-13-16-6-4-5-7-18(16)19(14-29-2)22(26)30-3/h4-12,14H,13H2,1-3H3/b19-14+. The van der Waals surface area contributed by atoms with E-state index in [1.807, 2.05) is 18.2 Å². The van der Waals surface area contributed by atoms with Crippen molar-refractivity contribution in [2.24, 2.45) is 7.05 Å². The van der Waals surface area contributed by atoms with Crippen LogP contribution in [0.1, 0.15) is 11.1 Å². The van der Waals surface area contributed by atoms with E-state index in [1.165, 1.54) is 32.6 Å². The molecule has 160 valence electrons. The van der Waals surface area contributed by atoms with Gasteiger partial charge in [-0.2, -0.15) is 5.10 Å². The summed E-state index contributed by atoms with van der Waals surface area (Å²) in [6.07, 6.45) is 1.33. The Morgan fingerprint density at radius 3 is 2.52 bits per heavy atom. The molecule has 9 nitrogen and oxygen atoms in total. The summed E-state index contributed by atoms with van der Waals surface area (Å²) < 4.78 is 17.4. The fraction of sp³-hybridized carbons (Fsp3) is 0.182. The third kappa shape index (κ3) is 4.89. The highest BCUT2D eigenvalue weighted by Gasteiger charge is 2.17. The maximum atomic E-state index is 12.1. The quantitative estimate of drug-likeness (QED) is 0.179. The Kier molecular flexibility index (Phi) is 6.66. The number of ether oxygens (including phenoxy) is 3. The smallest absolute Gasteiger partial charge is 0.341 e. The number of hydrogen-bond acceptors (Lipinski definition) is 7. The van der Waals surface area contributed by atoms with Crippen molar-refractivity contribution < 1.29 is 23.9 Å². The van der Waals surface area contributed by atoms with Gasteiger partial charge in [0, 0.05) is 30.8 Å². The first-order valence-electron chi connectivity index (χ1n) is 9.25. The number of non-ortho nitro benzene ring substituents is 1. The first-order valence-corrected chi connectivity index (χ1v) is 9.25. The average molecular weight is 423 g/mol. The summed E-state index contributed by atoms with van der Waals surface area (Å²) in [6, 6.07) is 15.2. The maximum absolute atomic E-state index is 12.1. The molecule has 0 spiro atoms. The van der Waals surface area contributed by atoms with Crippen LogP contribution in [0.3, 0.4) is 0 Å². The van der Waals surface area contributed by atoms with Gasteiger partial charge in [-0.3, -0.25) is 10.1 Å². The number of nitrogens with zero attached hydrogens (tertiary/aromatic N) is 3. The van der Waals surface area contributed by atoms with E-state index in [0.29, 0.717) is 17.1 Å². The minimum Gasteiger partial charge on any atom is -0.503 e. The zero-order valence-electron chi connectivity index (χ0n) is 17.3. The van der Waals surface area contributed by atoms with Crippen molar-refractivity contribution in [3.05, 3.63) is 82.1 Å². The van der Waals surface area contributed by atoms with Crippen LogP contribution in [0.4, 0.5) is 5.69 Å². The van der Waals surface area contributed by atoms with Gasteiger partial charge in [0.1, 0.15) is 12.2 Å². The molecule has 0 radical (unpaired) electrons. The molecule has 0 amide bonds. The molecule has 1 aromatic heterocycles. The van der Waals surface area contributed by atoms with E-state index in [1.54, 1.807) is 36.0 Å². The normalized spacial score (nSPS) is 11.1. The maximum Gasteiger partial charge on any atom is 0.341 e. The number of aryl methyl sites for hydroxylation is 1. The molecule has 0 atom stereocenters. The van der Waals surface area contributed by atoms with E-state index in [4.69, 9.17) is 14.2 Å². The number of nitro benzene ring substituents is 1. The van der Waals surface area contributed by atoms with Gasteiger partial charge in [-0.15, -0.1) is 0 Å². The lowest BCUT2D eigenvalue weighted by molar-refractivity contribution is -0.384. The van der Waals surface area contributed by atoms with E-state index < -0.39 is 10.9 Å². The van der Waals surface area contributed by atoms with Crippen LogP contribution in [0.2, 0.25) is 0 Å². The van der Waals surface area contributed by atoms with Gasteiger partial charge in [-0.1, -0.05) is 24.3 Å². The van der Waals surface area contributed by atoms with Gasteiger partial charge >= 0.3 is 5.97 Å². The third-order valence-electron chi connectivity index (χ3n) is 4.53. The second-order valence-corrected chi connectivity index (χ2v) is 6.50. The van der Waals surface area contributed by atoms with Crippen LogP contribution in [-0.4, -0.2) is 34.9 Å². The minimum atomic E-state index is -0.518. The average Bonchev–Trinajstić information content (AvgIpc) is 3.16. The summed E-state index contributed by atoms with van der Waals surface area (Å²) in [5.41, 5.74) is 3.03. The summed E-state index contributed by atoms with van der Waals surface area (Å²) in [5.74, 6) is -0.0196. The molecule has 0 fully saturated rings. The number of nitro groups is 1. The number of aromatic nitrogens is 2. The van der Waals surface area contributed by atoms with Crippen LogP contribution in [0.15, 0.2) is 60.9 Å². The second kappa shape index (κ2) is 9.57. The molecule has 0 aliphatic carbocycles.